The number of nitrogens with one attached hydrogen (secondary N) is 1. The van der Waals surface area contributed by atoms with Crippen LogP contribution in [0.3, 0.4) is 0 Å². The summed E-state index contributed by atoms with van der Waals surface area (Å²) in [5, 5.41) is 4.40. The van der Waals surface area contributed by atoms with Crippen molar-refractivity contribution in [3.05, 3.63) is 28.8 Å². The molecule has 0 bridgehead atoms. The van der Waals surface area contributed by atoms with Crippen LogP contribution in [0.1, 0.15) is 53.5 Å². The number of nitrogens with zero attached hydrogens (tertiary/aromatic N) is 1. The highest BCUT2D eigenvalue weighted by atomic mass is 35.5. The lowest BCUT2D eigenvalue weighted by Crippen LogP contribution is -2.37. The fourth-order valence-corrected chi connectivity index (χ4v) is 2.56. The van der Waals surface area contributed by atoms with Gasteiger partial charge in [-0.05, 0) is 52.7 Å². The molecule has 114 valence electrons. The average Bonchev–Trinajstić information content (AvgIpc) is 2.33. The largest absolute Gasteiger partial charge is 0.368 e. The van der Waals surface area contributed by atoms with Gasteiger partial charge in [-0.2, -0.15) is 0 Å². The molecular weight excluding hydrogens is 268 g/mol. The molecule has 1 aromatic carbocycles. The van der Waals surface area contributed by atoms with E-state index in [0.717, 1.165) is 24.5 Å². The maximum absolute atomic E-state index is 6.48. The van der Waals surface area contributed by atoms with Crippen LogP contribution in [0, 0.1) is 0 Å². The second-order valence-corrected chi connectivity index (χ2v) is 7.05. The van der Waals surface area contributed by atoms with Crippen molar-refractivity contribution >= 4 is 17.3 Å². The van der Waals surface area contributed by atoms with Crippen LogP contribution in [0.4, 0.5) is 5.69 Å². The summed E-state index contributed by atoms with van der Waals surface area (Å²) in [5.41, 5.74) is 2.56. The number of anilines is 1. The van der Waals surface area contributed by atoms with Crippen LogP contribution in [0.25, 0.3) is 0 Å². The Morgan fingerprint density at radius 2 is 1.90 bits per heavy atom. The third kappa shape index (κ3) is 4.99. The molecule has 0 heterocycles. The minimum atomic E-state index is 0.104. The SMILES string of the molecule is CCCN(c1c(Cl)cccc1CNC(C)(C)C)C(C)C. The minimum absolute atomic E-state index is 0.104. The predicted molar refractivity (Wildman–Crippen MR) is 90.8 cm³/mol. The Hall–Kier alpha value is -0.730. The Morgan fingerprint density at radius 3 is 2.40 bits per heavy atom. The van der Waals surface area contributed by atoms with Crippen LogP contribution < -0.4 is 10.2 Å². The first-order chi connectivity index (χ1) is 9.26. The van der Waals surface area contributed by atoms with E-state index < -0.39 is 0 Å². The van der Waals surface area contributed by atoms with Crippen molar-refractivity contribution in [2.75, 3.05) is 11.4 Å². The lowest BCUT2D eigenvalue weighted by atomic mass is 10.1. The molecule has 0 aromatic heterocycles. The Kier molecular flexibility index (Phi) is 6.35. The van der Waals surface area contributed by atoms with E-state index in [1.54, 1.807) is 0 Å². The number of halogens is 1. The molecule has 3 heteroatoms. The van der Waals surface area contributed by atoms with Crippen LogP contribution >= 0.6 is 11.6 Å². The van der Waals surface area contributed by atoms with Crippen molar-refractivity contribution in [1.29, 1.82) is 0 Å². The second-order valence-electron chi connectivity index (χ2n) is 6.64. The van der Waals surface area contributed by atoms with E-state index >= 15 is 0 Å². The van der Waals surface area contributed by atoms with Crippen LogP contribution in [-0.4, -0.2) is 18.1 Å². The highest BCUT2D eigenvalue weighted by Gasteiger charge is 2.18. The molecule has 0 aliphatic heterocycles. The molecule has 0 amide bonds. The maximum atomic E-state index is 6.48. The van der Waals surface area contributed by atoms with Crippen molar-refractivity contribution in [2.24, 2.45) is 0 Å². The summed E-state index contributed by atoms with van der Waals surface area (Å²) >= 11 is 6.48. The van der Waals surface area contributed by atoms with Gasteiger partial charge in [0.05, 0.1) is 10.7 Å². The molecule has 0 saturated heterocycles. The molecule has 2 nitrogen and oxygen atoms in total. The zero-order chi connectivity index (χ0) is 15.3. The van der Waals surface area contributed by atoms with Crippen LogP contribution in [0.2, 0.25) is 5.02 Å². The summed E-state index contributed by atoms with van der Waals surface area (Å²) in [6.07, 6.45) is 1.12. The van der Waals surface area contributed by atoms with Crippen molar-refractivity contribution in [2.45, 2.75) is 66.1 Å². The van der Waals surface area contributed by atoms with E-state index in [2.05, 4.69) is 57.8 Å². The Bertz CT molecular complexity index is 421. The number of hydrogen-bond acceptors (Lipinski definition) is 2. The molecule has 0 radical (unpaired) electrons. The summed E-state index contributed by atoms with van der Waals surface area (Å²) < 4.78 is 0. The molecule has 0 unspecified atom stereocenters. The number of hydrogen-bond donors (Lipinski definition) is 1. The lowest BCUT2D eigenvalue weighted by molar-refractivity contribution is 0.424. The first kappa shape index (κ1) is 17.3. The van der Waals surface area contributed by atoms with Gasteiger partial charge in [0.25, 0.3) is 0 Å². The molecule has 0 atom stereocenters. The highest BCUT2D eigenvalue weighted by Crippen LogP contribution is 2.31. The maximum Gasteiger partial charge on any atom is 0.0643 e. The predicted octanol–water partition coefficient (Wildman–Crippen LogP) is 4.85. The molecule has 0 saturated carbocycles. The van der Waals surface area contributed by atoms with E-state index in [0.29, 0.717) is 6.04 Å². The second kappa shape index (κ2) is 7.33. The molecule has 1 rings (SSSR count). The topological polar surface area (TPSA) is 15.3 Å². The van der Waals surface area contributed by atoms with E-state index in [1.807, 2.05) is 12.1 Å². The zero-order valence-corrected chi connectivity index (χ0v) is 14.5. The molecule has 0 fully saturated rings. The van der Waals surface area contributed by atoms with Gasteiger partial charge in [-0.25, -0.2) is 0 Å². The van der Waals surface area contributed by atoms with Crippen molar-refractivity contribution in [3.8, 4) is 0 Å². The standard InChI is InChI=1S/C17H29ClN2/c1-7-11-20(13(2)3)16-14(9-8-10-15(16)18)12-19-17(4,5)6/h8-10,13,19H,7,11-12H2,1-6H3. The summed E-state index contributed by atoms with van der Waals surface area (Å²) in [5.74, 6) is 0. The summed E-state index contributed by atoms with van der Waals surface area (Å²) in [7, 11) is 0. The fourth-order valence-electron chi connectivity index (χ4n) is 2.25. The molecule has 0 aliphatic carbocycles. The minimum Gasteiger partial charge on any atom is -0.368 e. The molecule has 20 heavy (non-hydrogen) atoms. The van der Waals surface area contributed by atoms with Crippen LogP contribution in [-0.2, 0) is 6.54 Å². The van der Waals surface area contributed by atoms with Gasteiger partial charge in [-0.3, -0.25) is 0 Å². The van der Waals surface area contributed by atoms with E-state index in [4.69, 9.17) is 11.6 Å². The fraction of sp³-hybridized carbons (Fsp3) is 0.647. The monoisotopic (exact) mass is 296 g/mol. The van der Waals surface area contributed by atoms with Crippen molar-refractivity contribution in [3.63, 3.8) is 0 Å². The first-order valence-corrected chi connectivity index (χ1v) is 7.93. The Balaban J connectivity index is 3.09. The summed E-state index contributed by atoms with van der Waals surface area (Å²) in [6, 6.07) is 6.65. The molecule has 1 N–H and O–H groups in total. The number of benzene rings is 1. The quantitative estimate of drug-likeness (QED) is 0.807. The van der Waals surface area contributed by atoms with Gasteiger partial charge in [0.2, 0.25) is 0 Å². The molecular formula is C17H29ClN2. The van der Waals surface area contributed by atoms with Crippen LogP contribution in [0.15, 0.2) is 18.2 Å². The van der Waals surface area contributed by atoms with Gasteiger partial charge in [0.15, 0.2) is 0 Å². The zero-order valence-electron chi connectivity index (χ0n) is 13.8. The number of rotatable bonds is 6. The molecule has 0 spiro atoms. The molecule has 0 aliphatic rings. The lowest BCUT2D eigenvalue weighted by Gasteiger charge is -2.32. The van der Waals surface area contributed by atoms with Gasteiger partial charge in [0, 0.05) is 24.7 Å². The first-order valence-electron chi connectivity index (χ1n) is 7.55. The van der Waals surface area contributed by atoms with E-state index in [-0.39, 0.29) is 5.54 Å². The van der Waals surface area contributed by atoms with Gasteiger partial charge < -0.3 is 10.2 Å². The normalized spacial score (nSPS) is 12.0. The van der Waals surface area contributed by atoms with E-state index in [9.17, 15) is 0 Å². The molecule has 1 aromatic rings. The van der Waals surface area contributed by atoms with Gasteiger partial charge in [-0.1, -0.05) is 30.7 Å². The van der Waals surface area contributed by atoms with Crippen molar-refractivity contribution < 1.29 is 0 Å². The number of para-hydroxylation sites is 1. The third-order valence-corrected chi connectivity index (χ3v) is 3.56. The van der Waals surface area contributed by atoms with E-state index in [1.165, 1.54) is 11.3 Å². The van der Waals surface area contributed by atoms with Crippen LogP contribution in [0.5, 0.6) is 0 Å². The summed E-state index contributed by atoms with van der Waals surface area (Å²) in [4.78, 5) is 2.40. The van der Waals surface area contributed by atoms with Crippen molar-refractivity contribution in [1.82, 2.24) is 5.32 Å². The smallest absolute Gasteiger partial charge is 0.0643 e. The Labute approximate surface area is 129 Å². The van der Waals surface area contributed by atoms with Gasteiger partial charge in [-0.15, -0.1) is 0 Å². The summed E-state index contributed by atoms with van der Waals surface area (Å²) in [6.45, 7) is 15.1. The average molecular weight is 297 g/mol. The van der Waals surface area contributed by atoms with Gasteiger partial charge >= 0.3 is 0 Å². The third-order valence-electron chi connectivity index (χ3n) is 3.25. The van der Waals surface area contributed by atoms with Gasteiger partial charge in [0.1, 0.15) is 0 Å². The highest BCUT2D eigenvalue weighted by molar-refractivity contribution is 6.33. The Morgan fingerprint density at radius 1 is 1.25 bits per heavy atom.